The van der Waals surface area contributed by atoms with Crippen LogP contribution in [0.4, 0.5) is 5.69 Å². The number of benzene rings is 2. The fraction of sp³-hybridized carbons (Fsp3) is 0.367. The van der Waals surface area contributed by atoms with Crippen molar-refractivity contribution in [3.05, 3.63) is 84.2 Å². The molecule has 1 aliphatic rings. The Morgan fingerprint density at radius 1 is 1.10 bits per heavy atom. The van der Waals surface area contributed by atoms with E-state index in [9.17, 15) is 9.59 Å². The molecule has 9 nitrogen and oxygen atoms in total. The molecule has 4 aromatic rings. The number of hydrogen-bond donors (Lipinski definition) is 1. The monoisotopic (exact) mass is 526 g/mol. The van der Waals surface area contributed by atoms with Crippen LogP contribution in [0.3, 0.4) is 0 Å². The van der Waals surface area contributed by atoms with Crippen molar-refractivity contribution in [2.24, 2.45) is 0 Å². The van der Waals surface area contributed by atoms with E-state index >= 15 is 0 Å². The van der Waals surface area contributed by atoms with Crippen LogP contribution < -0.4 is 10.2 Å². The molecule has 3 atom stereocenters. The second-order valence-electron chi connectivity index (χ2n) is 9.97. The van der Waals surface area contributed by atoms with Gasteiger partial charge in [0, 0.05) is 36.8 Å². The number of amides is 2. The van der Waals surface area contributed by atoms with Crippen molar-refractivity contribution in [1.29, 1.82) is 0 Å². The Bertz CT molecular complexity index is 1400. The third-order valence-corrected chi connectivity index (χ3v) is 7.36. The van der Waals surface area contributed by atoms with Crippen LogP contribution in [0.2, 0.25) is 0 Å². The number of hydrogen-bond acceptors (Lipinski definition) is 6. The summed E-state index contributed by atoms with van der Waals surface area (Å²) in [6, 6.07) is 18.0. The number of fused-ring (bicyclic) bond motifs is 1. The van der Waals surface area contributed by atoms with Crippen LogP contribution in [0.1, 0.15) is 56.2 Å². The second-order valence-corrected chi connectivity index (χ2v) is 9.97. The molecule has 1 N–H and O–H groups in total. The molecule has 1 saturated heterocycles. The molecule has 2 amide bonds. The van der Waals surface area contributed by atoms with Crippen LogP contribution in [0, 0.1) is 0 Å². The maximum Gasteiger partial charge on any atom is 0.249 e. The van der Waals surface area contributed by atoms with Crippen molar-refractivity contribution in [1.82, 2.24) is 25.3 Å². The number of nitrogens with zero attached hydrogens (tertiary/aromatic N) is 5. The summed E-state index contributed by atoms with van der Waals surface area (Å²) in [5.41, 5.74) is 3.87. The number of nitrogens with one attached hydrogen (secondary N) is 1. The van der Waals surface area contributed by atoms with Crippen molar-refractivity contribution >= 4 is 28.5 Å². The van der Waals surface area contributed by atoms with Gasteiger partial charge in [-0.05, 0) is 61.1 Å². The molecular weight excluding hydrogens is 492 g/mol. The minimum atomic E-state index is -0.933. The number of anilines is 1. The SMILES string of the molecule is CCC(C)c1ccc(N(C(=O)Cn2nnc3ccccc32)C(C(=O)NCC2CCCO2)c2cccnc2)cc1. The molecule has 39 heavy (non-hydrogen) atoms. The average molecular weight is 527 g/mol. The Kier molecular flexibility index (Phi) is 8.27. The summed E-state index contributed by atoms with van der Waals surface area (Å²) < 4.78 is 7.28. The summed E-state index contributed by atoms with van der Waals surface area (Å²) in [4.78, 5) is 33.8. The second kappa shape index (κ2) is 12.2. The lowest BCUT2D eigenvalue weighted by molar-refractivity contribution is -0.127. The maximum absolute atomic E-state index is 14.1. The minimum Gasteiger partial charge on any atom is -0.376 e. The molecule has 1 fully saturated rings. The fourth-order valence-electron chi connectivity index (χ4n) is 4.95. The summed E-state index contributed by atoms with van der Waals surface area (Å²) in [5, 5.41) is 11.4. The largest absolute Gasteiger partial charge is 0.376 e. The number of aromatic nitrogens is 4. The predicted molar refractivity (Wildman–Crippen MR) is 149 cm³/mol. The van der Waals surface area contributed by atoms with E-state index in [1.54, 1.807) is 28.0 Å². The molecule has 2 aromatic heterocycles. The Morgan fingerprint density at radius 2 is 1.92 bits per heavy atom. The van der Waals surface area contributed by atoms with Gasteiger partial charge in [-0.15, -0.1) is 5.10 Å². The van der Waals surface area contributed by atoms with E-state index in [4.69, 9.17) is 4.74 Å². The number of para-hydroxylation sites is 1. The van der Waals surface area contributed by atoms with Crippen molar-refractivity contribution in [3.8, 4) is 0 Å². The Balaban J connectivity index is 1.52. The van der Waals surface area contributed by atoms with E-state index in [0.717, 1.165) is 24.8 Å². The van der Waals surface area contributed by atoms with E-state index in [0.29, 0.717) is 35.8 Å². The van der Waals surface area contributed by atoms with Gasteiger partial charge in [0.15, 0.2) is 0 Å². The lowest BCUT2D eigenvalue weighted by Crippen LogP contribution is -2.46. The molecule has 202 valence electrons. The summed E-state index contributed by atoms with van der Waals surface area (Å²) in [7, 11) is 0. The van der Waals surface area contributed by atoms with Gasteiger partial charge in [0.1, 0.15) is 18.1 Å². The number of carbonyl (C=O) groups is 2. The molecule has 2 aromatic carbocycles. The number of pyridine rings is 1. The maximum atomic E-state index is 14.1. The molecule has 3 heterocycles. The van der Waals surface area contributed by atoms with Crippen LogP contribution in [0.25, 0.3) is 11.0 Å². The first-order valence-electron chi connectivity index (χ1n) is 13.5. The highest BCUT2D eigenvalue weighted by Gasteiger charge is 2.34. The zero-order chi connectivity index (χ0) is 27.2. The molecule has 0 aliphatic carbocycles. The number of ether oxygens (including phenoxy) is 1. The predicted octanol–water partition coefficient (Wildman–Crippen LogP) is 4.41. The molecule has 0 spiro atoms. The summed E-state index contributed by atoms with van der Waals surface area (Å²) >= 11 is 0. The number of rotatable bonds is 10. The summed E-state index contributed by atoms with van der Waals surface area (Å²) in [6.07, 6.45) is 6.14. The van der Waals surface area contributed by atoms with E-state index < -0.39 is 6.04 Å². The topological polar surface area (TPSA) is 102 Å². The standard InChI is InChI=1S/C30H34N6O3/c1-3-21(2)22-12-14-24(15-13-22)36(28(37)20-35-27-11-5-4-10-26(27)33-34-35)29(23-8-6-16-31-18-23)30(38)32-19-25-9-7-17-39-25/h4-6,8,10-16,18,21,25,29H,3,7,9,17,19-20H2,1-2H3,(H,32,38). The van der Waals surface area contributed by atoms with Crippen LogP contribution in [-0.2, 0) is 20.9 Å². The van der Waals surface area contributed by atoms with Crippen LogP contribution >= 0.6 is 0 Å². The van der Waals surface area contributed by atoms with Gasteiger partial charge in [-0.3, -0.25) is 19.5 Å². The highest BCUT2D eigenvalue weighted by atomic mass is 16.5. The van der Waals surface area contributed by atoms with Gasteiger partial charge in [-0.1, -0.05) is 49.4 Å². The van der Waals surface area contributed by atoms with Crippen molar-refractivity contribution in [3.63, 3.8) is 0 Å². The van der Waals surface area contributed by atoms with Crippen molar-refractivity contribution in [2.75, 3.05) is 18.1 Å². The first-order valence-corrected chi connectivity index (χ1v) is 13.5. The summed E-state index contributed by atoms with van der Waals surface area (Å²) in [5.74, 6) is -0.196. The van der Waals surface area contributed by atoms with Gasteiger partial charge < -0.3 is 10.1 Å². The van der Waals surface area contributed by atoms with Gasteiger partial charge in [0.25, 0.3) is 0 Å². The molecular formula is C30H34N6O3. The normalized spacial score (nSPS) is 16.6. The molecule has 0 bridgehead atoms. The Hall–Kier alpha value is -4.11. The van der Waals surface area contributed by atoms with Gasteiger partial charge >= 0.3 is 0 Å². The van der Waals surface area contributed by atoms with E-state index in [2.05, 4.69) is 34.5 Å². The van der Waals surface area contributed by atoms with E-state index in [1.165, 1.54) is 5.56 Å². The molecule has 0 radical (unpaired) electrons. The van der Waals surface area contributed by atoms with Crippen LogP contribution in [0.5, 0.6) is 0 Å². The zero-order valence-electron chi connectivity index (χ0n) is 22.4. The van der Waals surface area contributed by atoms with Crippen molar-refractivity contribution < 1.29 is 14.3 Å². The fourth-order valence-corrected chi connectivity index (χ4v) is 4.95. The zero-order valence-corrected chi connectivity index (χ0v) is 22.4. The van der Waals surface area contributed by atoms with Crippen molar-refractivity contribution in [2.45, 2.75) is 57.7 Å². The summed E-state index contributed by atoms with van der Waals surface area (Å²) in [6.45, 7) is 5.33. The van der Waals surface area contributed by atoms with E-state index in [1.807, 2.05) is 54.6 Å². The lowest BCUT2D eigenvalue weighted by atomic mass is 9.98. The number of carbonyl (C=O) groups excluding carboxylic acids is 2. The van der Waals surface area contributed by atoms with Gasteiger partial charge in [0.05, 0.1) is 11.6 Å². The first kappa shape index (κ1) is 26.5. The van der Waals surface area contributed by atoms with Crippen LogP contribution in [0.15, 0.2) is 73.1 Å². The minimum absolute atomic E-state index is 0.0241. The highest BCUT2D eigenvalue weighted by Crippen LogP contribution is 2.30. The third kappa shape index (κ3) is 5.98. The lowest BCUT2D eigenvalue weighted by Gasteiger charge is -2.32. The molecule has 5 rings (SSSR count). The van der Waals surface area contributed by atoms with E-state index in [-0.39, 0.29) is 24.5 Å². The quantitative estimate of drug-likeness (QED) is 0.328. The van der Waals surface area contributed by atoms with Gasteiger partial charge in [-0.25, -0.2) is 4.68 Å². The smallest absolute Gasteiger partial charge is 0.249 e. The molecule has 1 aliphatic heterocycles. The molecule has 3 unspecified atom stereocenters. The Labute approximate surface area is 228 Å². The molecule has 9 heteroatoms. The highest BCUT2D eigenvalue weighted by molar-refractivity contribution is 6.01. The van der Waals surface area contributed by atoms with Crippen LogP contribution in [-0.4, -0.2) is 51.0 Å². The average Bonchev–Trinajstić information content (AvgIpc) is 3.65. The van der Waals surface area contributed by atoms with Gasteiger partial charge in [0.2, 0.25) is 11.8 Å². The van der Waals surface area contributed by atoms with Gasteiger partial charge in [-0.2, -0.15) is 0 Å². The Morgan fingerprint density at radius 3 is 2.64 bits per heavy atom. The molecule has 0 saturated carbocycles. The third-order valence-electron chi connectivity index (χ3n) is 7.36. The first-order chi connectivity index (χ1) is 19.0.